The van der Waals surface area contributed by atoms with Crippen molar-refractivity contribution in [3.8, 4) is 0 Å². The third-order valence-corrected chi connectivity index (χ3v) is 2.07. The number of aldehydes is 1. The molecule has 16 heavy (non-hydrogen) atoms. The number of amides is 1. The summed E-state index contributed by atoms with van der Waals surface area (Å²) in [6, 6.07) is -0.695. The van der Waals surface area contributed by atoms with Crippen LogP contribution in [0.2, 0.25) is 0 Å². The van der Waals surface area contributed by atoms with Gasteiger partial charge in [-0.05, 0) is 13.8 Å². The first-order valence-electron chi connectivity index (χ1n) is 4.96. The van der Waals surface area contributed by atoms with Crippen LogP contribution < -0.4 is 11.1 Å². The number of aromatic amines is 1. The normalized spacial score (nSPS) is 13.2. The highest BCUT2D eigenvalue weighted by atomic mass is 16.2. The van der Waals surface area contributed by atoms with E-state index in [0.717, 1.165) is 5.69 Å². The van der Waals surface area contributed by atoms with E-state index in [1.165, 1.54) is 6.33 Å². The molecule has 0 saturated heterocycles. The topological polar surface area (TPSA) is 101 Å². The van der Waals surface area contributed by atoms with Crippen LogP contribution in [0.4, 0.5) is 0 Å². The molecule has 0 aliphatic heterocycles. The molecule has 1 aromatic rings. The minimum absolute atomic E-state index is 0.355. The predicted molar refractivity (Wildman–Crippen MR) is 58.6 cm³/mol. The van der Waals surface area contributed by atoms with Crippen molar-refractivity contribution in [2.24, 2.45) is 5.73 Å². The molecule has 4 N–H and O–H groups in total. The van der Waals surface area contributed by atoms with Crippen molar-refractivity contribution in [2.75, 3.05) is 0 Å². The summed E-state index contributed by atoms with van der Waals surface area (Å²) < 4.78 is 0. The van der Waals surface area contributed by atoms with Gasteiger partial charge < -0.3 is 20.8 Å². The first-order valence-corrected chi connectivity index (χ1v) is 4.96. The molecule has 6 nitrogen and oxygen atoms in total. The largest absolute Gasteiger partial charge is 0.348 e. The first kappa shape index (κ1) is 12.4. The highest BCUT2D eigenvalue weighted by molar-refractivity contribution is 5.85. The van der Waals surface area contributed by atoms with E-state index < -0.39 is 11.6 Å². The Balaban J connectivity index is 2.51. The number of carbonyl (C=O) groups excluding carboxylic acids is 2. The number of carbonyl (C=O) groups is 2. The van der Waals surface area contributed by atoms with Crippen LogP contribution in [0.1, 0.15) is 19.5 Å². The Morgan fingerprint density at radius 3 is 2.94 bits per heavy atom. The Kier molecular flexibility index (Phi) is 3.78. The lowest BCUT2D eigenvalue weighted by atomic mass is 10.1. The van der Waals surface area contributed by atoms with Crippen LogP contribution >= 0.6 is 0 Å². The monoisotopic (exact) mass is 224 g/mol. The average molecular weight is 224 g/mol. The van der Waals surface area contributed by atoms with Gasteiger partial charge in [-0.1, -0.05) is 0 Å². The zero-order chi connectivity index (χ0) is 12.2. The van der Waals surface area contributed by atoms with Gasteiger partial charge in [-0.2, -0.15) is 0 Å². The number of hydrogen-bond acceptors (Lipinski definition) is 4. The van der Waals surface area contributed by atoms with Crippen LogP contribution in [0.3, 0.4) is 0 Å². The van der Waals surface area contributed by atoms with Gasteiger partial charge in [0.05, 0.1) is 17.9 Å². The highest BCUT2D eigenvalue weighted by Gasteiger charge is 2.23. The van der Waals surface area contributed by atoms with Crippen LogP contribution in [-0.2, 0) is 16.0 Å². The zero-order valence-electron chi connectivity index (χ0n) is 9.36. The minimum atomic E-state index is -0.886. The van der Waals surface area contributed by atoms with Crippen LogP contribution in [0.15, 0.2) is 12.5 Å². The molecule has 1 atom stereocenters. The third-order valence-electron chi connectivity index (χ3n) is 2.07. The molecule has 0 aliphatic rings. The van der Waals surface area contributed by atoms with Gasteiger partial charge >= 0.3 is 0 Å². The summed E-state index contributed by atoms with van der Waals surface area (Å²) in [6.45, 7) is 3.22. The number of H-pyrrole nitrogens is 1. The lowest BCUT2D eigenvalue weighted by Gasteiger charge is -2.21. The van der Waals surface area contributed by atoms with E-state index in [9.17, 15) is 9.59 Å². The number of hydrogen-bond donors (Lipinski definition) is 3. The molecule has 1 amide bonds. The Hall–Kier alpha value is -1.69. The Labute approximate surface area is 93.6 Å². The number of nitrogens with two attached hydrogens (primary N) is 1. The predicted octanol–water partition coefficient (Wildman–Crippen LogP) is -0.627. The highest BCUT2D eigenvalue weighted by Crippen LogP contribution is 2.00. The number of rotatable bonds is 5. The van der Waals surface area contributed by atoms with E-state index in [4.69, 9.17) is 5.73 Å². The van der Waals surface area contributed by atoms with Crippen molar-refractivity contribution >= 4 is 12.2 Å². The maximum Gasteiger partial charge on any atom is 0.238 e. The quantitative estimate of drug-likeness (QED) is 0.580. The molecular weight excluding hydrogens is 208 g/mol. The van der Waals surface area contributed by atoms with Crippen molar-refractivity contribution in [3.63, 3.8) is 0 Å². The van der Waals surface area contributed by atoms with Crippen LogP contribution in [-0.4, -0.2) is 33.7 Å². The number of imidazole rings is 1. The van der Waals surface area contributed by atoms with E-state index in [1.54, 1.807) is 20.0 Å². The lowest BCUT2D eigenvalue weighted by molar-refractivity contribution is -0.126. The number of nitrogens with zero attached hydrogens (tertiary/aromatic N) is 1. The molecule has 0 fully saturated rings. The smallest absolute Gasteiger partial charge is 0.238 e. The maximum atomic E-state index is 11.6. The molecule has 0 radical (unpaired) electrons. The van der Waals surface area contributed by atoms with Crippen LogP contribution in [0.5, 0.6) is 0 Å². The molecule has 1 heterocycles. The molecule has 0 aromatic carbocycles. The Morgan fingerprint density at radius 1 is 1.75 bits per heavy atom. The molecule has 1 aromatic heterocycles. The molecule has 0 spiro atoms. The number of nitrogens with one attached hydrogen (secondary N) is 2. The fraction of sp³-hybridized carbons (Fsp3) is 0.500. The first-order chi connectivity index (χ1) is 7.44. The van der Waals surface area contributed by atoms with Crippen molar-refractivity contribution in [1.82, 2.24) is 15.3 Å². The van der Waals surface area contributed by atoms with E-state index in [1.807, 2.05) is 0 Å². The summed E-state index contributed by atoms with van der Waals surface area (Å²) >= 11 is 0. The summed E-state index contributed by atoms with van der Waals surface area (Å²) in [5.74, 6) is -0.355. The van der Waals surface area contributed by atoms with E-state index >= 15 is 0 Å². The van der Waals surface area contributed by atoms with Gasteiger partial charge in [0.1, 0.15) is 6.29 Å². The van der Waals surface area contributed by atoms with Crippen LogP contribution in [0, 0.1) is 0 Å². The van der Waals surface area contributed by atoms with E-state index in [0.29, 0.717) is 12.7 Å². The van der Waals surface area contributed by atoms with E-state index in [2.05, 4.69) is 15.3 Å². The van der Waals surface area contributed by atoms with Gasteiger partial charge in [0.2, 0.25) is 5.91 Å². The zero-order valence-corrected chi connectivity index (χ0v) is 9.36. The second-order valence-electron chi connectivity index (χ2n) is 4.22. The molecule has 0 bridgehead atoms. The second-order valence-corrected chi connectivity index (χ2v) is 4.22. The fourth-order valence-electron chi connectivity index (χ4n) is 1.17. The standard InChI is InChI=1S/C10H16N4O2/c1-10(2,5-15)14-9(16)8(11)3-7-4-12-6-13-7/h4-6,8H,3,11H2,1-2H3,(H,12,13)(H,14,16)/t8-/m0/s1. The molecule has 0 saturated carbocycles. The van der Waals surface area contributed by atoms with E-state index in [-0.39, 0.29) is 5.91 Å². The van der Waals surface area contributed by atoms with Crippen LogP contribution in [0.25, 0.3) is 0 Å². The van der Waals surface area contributed by atoms with Gasteiger partial charge in [0.25, 0.3) is 0 Å². The molecular formula is C10H16N4O2. The summed E-state index contributed by atoms with van der Waals surface area (Å²) in [4.78, 5) is 28.9. The summed E-state index contributed by atoms with van der Waals surface area (Å²) in [5.41, 5.74) is 5.59. The Bertz CT molecular complexity index is 359. The Morgan fingerprint density at radius 2 is 2.44 bits per heavy atom. The van der Waals surface area contributed by atoms with Crippen molar-refractivity contribution in [2.45, 2.75) is 31.8 Å². The second kappa shape index (κ2) is 4.89. The SMILES string of the molecule is CC(C)(C=O)NC(=O)[C@@H](N)Cc1cnc[nH]1. The van der Waals surface area contributed by atoms with Crippen molar-refractivity contribution in [3.05, 3.63) is 18.2 Å². The summed E-state index contributed by atoms with van der Waals surface area (Å²) in [6.07, 6.45) is 4.17. The van der Waals surface area contributed by atoms with Crippen molar-refractivity contribution < 1.29 is 9.59 Å². The van der Waals surface area contributed by atoms with Gasteiger partial charge in [0.15, 0.2) is 0 Å². The van der Waals surface area contributed by atoms with Crippen molar-refractivity contribution in [1.29, 1.82) is 0 Å². The molecule has 1 rings (SSSR count). The average Bonchev–Trinajstić information content (AvgIpc) is 2.69. The lowest BCUT2D eigenvalue weighted by Crippen LogP contribution is -2.52. The molecule has 0 aliphatic carbocycles. The summed E-state index contributed by atoms with van der Waals surface area (Å²) in [5, 5.41) is 2.55. The molecule has 0 unspecified atom stereocenters. The maximum absolute atomic E-state index is 11.6. The van der Waals surface area contributed by atoms with Gasteiger partial charge in [0, 0.05) is 18.3 Å². The molecule has 6 heteroatoms. The van der Waals surface area contributed by atoms with Gasteiger partial charge in [-0.15, -0.1) is 0 Å². The minimum Gasteiger partial charge on any atom is -0.348 e. The summed E-state index contributed by atoms with van der Waals surface area (Å²) in [7, 11) is 0. The van der Waals surface area contributed by atoms with Gasteiger partial charge in [-0.25, -0.2) is 4.98 Å². The van der Waals surface area contributed by atoms with Gasteiger partial charge in [-0.3, -0.25) is 4.79 Å². The fourth-order valence-corrected chi connectivity index (χ4v) is 1.17. The third kappa shape index (κ3) is 3.47. The number of aromatic nitrogens is 2. The molecule has 88 valence electrons.